The van der Waals surface area contributed by atoms with Gasteiger partial charge in [0, 0.05) is 5.69 Å². The molecule has 1 heterocycles. The number of pyridine rings is 1. The normalized spacial score (nSPS) is 10.2. The SMILES string of the molecule is COC(=O)c1cc(Nc2c(C)cccc2C)ncc1N. The van der Waals surface area contributed by atoms with Crippen molar-refractivity contribution in [2.24, 2.45) is 0 Å². The van der Waals surface area contributed by atoms with Crippen LogP contribution in [0.1, 0.15) is 21.5 Å². The molecule has 1 aromatic carbocycles. The van der Waals surface area contributed by atoms with Gasteiger partial charge in [-0.2, -0.15) is 0 Å². The monoisotopic (exact) mass is 271 g/mol. The van der Waals surface area contributed by atoms with Crippen LogP contribution in [0.4, 0.5) is 17.2 Å². The Morgan fingerprint density at radius 3 is 2.55 bits per heavy atom. The third kappa shape index (κ3) is 2.71. The number of benzene rings is 1. The number of nitrogens with zero attached hydrogens (tertiary/aromatic N) is 1. The summed E-state index contributed by atoms with van der Waals surface area (Å²) in [5, 5.41) is 3.21. The van der Waals surface area contributed by atoms with E-state index in [1.54, 1.807) is 6.07 Å². The fourth-order valence-corrected chi connectivity index (χ4v) is 1.96. The molecule has 20 heavy (non-hydrogen) atoms. The highest BCUT2D eigenvalue weighted by Gasteiger charge is 2.12. The number of esters is 1. The van der Waals surface area contributed by atoms with E-state index in [-0.39, 0.29) is 0 Å². The van der Waals surface area contributed by atoms with Crippen molar-refractivity contribution in [2.75, 3.05) is 18.2 Å². The number of nitrogens with two attached hydrogens (primary N) is 1. The van der Waals surface area contributed by atoms with Crippen LogP contribution in [0.15, 0.2) is 30.5 Å². The number of anilines is 3. The van der Waals surface area contributed by atoms with Crippen molar-refractivity contribution < 1.29 is 9.53 Å². The van der Waals surface area contributed by atoms with E-state index in [0.29, 0.717) is 17.1 Å². The van der Waals surface area contributed by atoms with Gasteiger partial charge in [0.1, 0.15) is 5.82 Å². The predicted molar refractivity (Wildman–Crippen MR) is 79.2 cm³/mol. The van der Waals surface area contributed by atoms with E-state index in [9.17, 15) is 4.79 Å². The van der Waals surface area contributed by atoms with Crippen LogP contribution in [0.2, 0.25) is 0 Å². The van der Waals surface area contributed by atoms with Gasteiger partial charge in [0.05, 0.1) is 24.6 Å². The number of hydrogen-bond acceptors (Lipinski definition) is 5. The minimum absolute atomic E-state index is 0.295. The van der Waals surface area contributed by atoms with Crippen LogP contribution in [0, 0.1) is 13.8 Å². The summed E-state index contributed by atoms with van der Waals surface area (Å²) in [7, 11) is 1.32. The Morgan fingerprint density at radius 1 is 1.30 bits per heavy atom. The van der Waals surface area contributed by atoms with E-state index in [1.807, 2.05) is 32.0 Å². The van der Waals surface area contributed by atoms with Gasteiger partial charge < -0.3 is 15.8 Å². The van der Waals surface area contributed by atoms with Crippen LogP contribution in [-0.2, 0) is 4.74 Å². The molecule has 0 aliphatic carbocycles. The van der Waals surface area contributed by atoms with E-state index < -0.39 is 5.97 Å². The lowest BCUT2D eigenvalue weighted by atomic mass is 10.1. The number of rotatable bonds is 3. The third-order valence-corrected chi connectivity index (χ3v) is 3.07. The second-order valence-electron chi connectivity index (χ2n) is 4.54. The number of carbonyl (C=O) groups is 1. The maximum absolute atomic E-state index is 11.6. The number of para-hydroxylation sites is 1. The largest absolute Gasteiger partial charge is 0.465 e. The second kappa shape index (κ2) is 5.61. The molecule has 2 aromatic rings. The van der Waals surface area contributed by atoms with E-state index in [0.717, 1.165) is 16.8 Å². The number of nitrogens with one attached hydrogen (secondary N) is 1. The Morgan fingerprint density at radius 2 is 1.95 bits per heavy atom. The summed E-state index contributed by atoms with van der Waals surface area (Å²) in [6.07, 6.45) is 1.45. The predicted octanol–water partition coefficient (Wildman–Crippen LogP) is 2.81. The second-order valence-corrected chi connectivity index (χ2v) is 4.54. The molecular formula is C15H17N3O2. The zero-order valence-corrected chi connectivity index (χ0v) is 11.7. The first-order valence-electron chi connectivity index (χ1n) is 6.20. The van der Waals surface area contributed by atoms with Gasteiger partial charge in [-0.1, -0.05) is 18.2 Å². The number of carbonyl (C=O) groups excluding carboxylic acids is 1. The molecule has 1 aromatic heterocycles. The zero-order valence-electron chi connectivity index (χ0n) is 11.7. The average molecular weight is 271 g/mol. The highest BCUT2D eigenvalue weighted by atomic mass is 16.5. The fraction of sp³-hybridized carbons (Fsp3) is 0.200. The van der Waals surface area contributed by atoms with E-state index >= 15 is 0 Å². The van der Waals surface area contributed by atoms with Gasteiger partial charge in [-0.3, -0.25) is 0 Å². The lowest BCUT2D eigenvalue weighted by molar-refractivity contribution is 0.0602. The maximum atomic E-state index is 11.6. The fourth-order valence-electron chi connectivity index (χ4n) is 1.96. The van der Waals surface area contributed by atoms with E-state index in [2.05, 4.69) is 10.3 Å². The molecule has 0 fully saturated rings. The van der Waals surface area contributed by atoms with Crippen LogP contribution in [0.3, 0.4) is 0 Å². The lowest BCUT2D eigenvalue weighted by Crippen LogP contribution is -2.08. The summed E-state index contributed by atoms with van der Waals surface area (Å²) >= 11 is 0. The Balaban J connectivity index is 2.37. The van der Waals surface area contributed by atoms with Crippen LogP contribution in [0.5, 0.6) is 0 Å². The van der Waals surface area contributed by atoms with Crippen LogP contribution >= 0.6 is 0 Å². The van der Waals surface area contributed by atoms with Gasteiger partial charge in [-0.25, -0.2) is 9.78 Å². The van der Waals surface area contributed by atoms with Gasteiger partial charge in [0.2, 0.25) is 0 Å². The quantitative estimate of drug-likeness (QED) is 0.839. The molecule has 0 aliphatic rings. The van der Waals surface area contributed by atoms with Crippen molar-refractivity contribution >= 4 is 23.2 Å². The number of methoxy groups -OCH3 is 1. The van der Waals surface area contributed by atoms with E-state index in [1.165, 1.54) is 13.3 Å². The molecule has 0 radical (unpaired) electrons. The summed E-state index contributed by atoms with van der Waals surface area (Å²) in [6, 6.07) is 7.60. The molecule has 0 spiro atoms. The molecule has 0 saturated carbocycles. The number of nitrogen functional groups attached to an aromatic ring is 1. The van der Waals surface area contributed by atoms with Crippen LogP contribution in [-0.4, -0.2) is 18.1 Å². The first-order valence-corrected chi connectivity index (χ1v) is 6.20. The lowest BCUT2D eigenvalue weighted by Gasteiger charge is -2.13. The molecule has 0 atom stereocenters. The minimum Gasteiger partial charge on any atom is -0.465 e. The summed E-state index contributed by atoms with van der Waals surface area (Å²) in [6.45, 7) is 4.02. The summed E-state index contributed by atoms with van der Waals surface area (Å²) < 4.78 is 4.70. The van der Waals surface area contributed by atoms with Crippen molar-refractivity contribution in [1.82, 2.24) is 4.98 Å². The molecule has 0 unspecified atom stereocenters. The molecule has 3 N–H and O–H groups in total. The highest BCUT2D eigenvalue weighted by molar-refractivity contribution is 5.95. The van der Waals surface area contributed by atoms with Crippen molar-refractivity contribution in [3.05, 3.63) is 47.2 Å². The number of aryl methyl sites for hydroxylation is 2. The van der Waals surface area contributed by atoms with Crippen molar-refractivity contribution in [3.63, 3.8) is 0 Å². The maximum Gasteiger partial charge on any atom is 0.340 e. The van der Waals surface area contributed by atoms with E-state index in [4.69, 9.17) is 10.5 Å². The minimum atomic E-state index is -0.477. The summed E-state index contributed by atoms with van der Waals surface area (Å²) in [5.41, 5.74) is 9.50. The van der Waals surface area contributed by atoms with Crippen molar-refractivity contribution in [2.45, 2.75) is 13.8 Å². The van der Waals surface area contributed by atoms with Crippen molar-refractivity contribution in [3.8, 4) is 0 Å². The molecule has 0 amide bonds. The molecule has 5 nitrogen and oxygen atoms in total. The van der Waals surface area contributed by atoms with Gasteiger partial charge in [0.15, 0.2) is 0 Å². The van der Waals surface area contributed by atoms with Gasteiger partial charge in [-0.15, -0.1) is 0 Å². The Bertz CT molecular complexity index is 633. The molecule has 0 aliphatic heterocycles. The molecular weight excluding hydrogens is 254 g/mol. The highest BCUT2D eigenvalue weighted by Crippen LogP contribution is 2.25. The first-order chi connectivity index (χ1) is 9.52. The standard InChI is InChI=1S/C15H17N3O2/c1-9-5-4-6-10(2)14(9)18-13-7-11(15(19)20-3)12(16)8-17-13/h4-8H,16H2,1-3H3,(H,17,18). The molecule has 5 heteroatoms. The number of ether oxygens (including phenoxy) is 1. The Kier molecular flexibility index (Phi) is 3.89. The molecule has 104 valence electrons. The topological polar surface area (TPSA) is 77.2 Å². The first kappa shape index (κ1) is 13.9. The molecule has 0 bridgehead atoms. The molecule has 0 saturated heterocycles. The van der Waals surface area contributed by atoms with Gasteiger partial charge in [-0.05, 0) is 31.0 Å². The van der Waals surface area contributed by atoms with Gasteiger partial charge in [0.25, 0.3) is 0 Å². The summed E-state index contributed by atoms with van der Waals surface area (Å²) in [4.78, 5) is 15.8. The number of hydrogen-bond donors (Lipinski definition) is 2. The third-order valence-electron chi connectivity index (χ3n) is 3.07. The van der Waals surface area contributed by atoms with Crippen LogP contribution in [0.25, 0.3) is 0 Å². The Hall–Kier alpha value is -2.56. The van der Waals surface area contributed by atoms with Gasteiger partial charge >= 0.3 is 5.97 Å². The number of aromatic nitrogens is 1. The summed E-state index contributed by atoms with van der Waals surface area (Å²) in [5.74, 6) is 0.0754. The smallest absolute Gasteiger partial charge is 0.340 e. The average Bonchev–Trinajstić information content (AvgIpc) is 2.44. The van der Waals surface area contributed by atoms with Crippen molar-refractivity contribution in [1.29, 1.82) is 0 Å². The Labute approximate surface area is 117 Å². The zero-order chi connectivity index (χ0) is 14.7. The van der Waals surface area contributed by atoms with Crippen LogP contribution < -0.4 is 11.1 Å². The molecule has 2 rings (SSSR count).